The summed E-state index contributed by atoms with van der Waals surface area (Å²) in [6, 6.07) is 4.93. The number of anilines is 3. The molecule has 0 spiro atoms. The van der Waals surface area contributed by atoms with E-state index in [4.69, 9.17) is 5.73 Å². The summed E-state index contributed by atoms with van der Waals surface area (Å²) in [7, 11) is 1.46. The first-order valence-corrected chi connectivity index (χ1v) is 6.78. The molecule has 3 rings (SSSR count). The number of halogens is 1. The SMILES string of the molecule is CN1C(=O)c2ccc(Nc3nc(N)ncc3Br)cc2C1=O. The van der Waals surface area contributed by atoms with E-state index in [-0.39, 0.29) is 17.8 Å². The predicted molar refractivity (Wildman–Crippen MR) is 80.3 cm³/mol. The first kappa shape index (κ1) is 13.5. The minimum atomic E-state index is -0.320. The Balaban J connectivity index is 1.97. The number of imide groups is 1. The van der Waals surface area contributed by atoms with Crippen molar-refractivity contribution in [3.63, 3.8) is 0 Å². The molecule has 0 saturated carbocycles. The summed E-state index contributed by atoms with van der Waals surface area (Å²) >= 11 is 3.31. The number of rotatable bonds is 2. The topological polar surface area (TPSA) is 101 Å². The van der Waals surface area contributed by atoms with Crippen LogP contribution in [0.25, 0.3) is 0 Å². The lowest BCUT2D eigenvalue weighted by Crippen LogP contribution is -2.24. The van der Waals surface area contributed by atoms with E-state index in [1.54, 1.807) is 18.2 Å². The van der Waals surface area contributed by atoms with Crippen LogP contribution in [-0.4, -0.2) is 33.7 Å². The molecule has 1 aliphatic heterocycles. The van der Waals surface area contributed by atoms with E-state index in [1.807, 2.05) is 0 Å². The van der Waals surface area contributed by atoms with Crippen LogP contribution in [0.5, 0.6) is 0 Å². The molecular weight excluding hydrogens is 338 g/mol. The monoisotopic (exact) mass is 347 g/mol. The van der Waals surface area contributed by atoms with Crippen LogP contribution in [0.1, 0.15) is 20.7 Å². The number of hydrogen-bond acceptors (Lipinski definition) is 6. The summed E-state index contributed by atoms with van der Waals surface area (Å²) < 4.78 is 0.636. The number of nitrogens with zero attached hydrogens (tertiary/aromatic N) is 3. The van der Waals surface area contributed by atoms with E-state index in [1.165, 1.54) is 13.2 Å². The van der Waals surface area contributed by atoms with E-state index >= 15 is 0 Å². The molecule has 0 atom stereocenters. The van der Waals surface area contributed by atoms with Crippen LogP contribution in [-0.2, 0) is 0 Å². The maximum Gasteiger partial charge on any atom is 0.261 e. The van der Waals surface area contributed by atoms with Gasteiger partial charge in [-0.3, -0.25) is 14.5 Å². The zero-order valence-electron chi connectivity index (χ0n) is 10.9. The van der Waals surface area contributed by atoms with Crippen molar-refractivity contribution in [2.75, 3.05) is 18.1 Å². The number of nitrogen functional groups attached to an aromatic ring is 1. The van der Waals surface area contributed by atoms with Crippen LogP contribution in [0, 0.1) is 0 Å². The molecule has 0 fully saturated rings. The van der Waals surface area contributed by atoms with Gasteiger partial charge in [0.25, 0.3) is 11.8 Å². The Hall–Kier alpha value is -2.48. The molecule has 106 valence electrons. The third kappa shape index (κ3) is 2.23. The quantitative estimate of drug-likeness (QED) is 0.803. The average Bonchev–Trinajstić information content (AvgIpc) is 2.68. The largest absolute Gasteiger partial charge is 0.368 e. The highest BCUT2D eigenvalue weighted by molar-refractivity contribution is 9.10. The number of carbonyl (C=O) groups is 2. The first-order chi connectivity index (χ1) is 9.97. The summed E-state index contributed by atoms with van der Waals surface area (Å²) in [6.07, 6.45) is 1.53. The third-order valence-corrected chi connectivity index (χ3v) is 3.70. The first-order valence-electron chi connectivity index (χ1n) is 5.99. The lowest BCUT2D eigenvalue weighted by molar-refractivity contribution is 0.0693. The van der Waals surface area contributed by atoms with Crippen LogP contribution >= 0.6 is 15.9 Å². The molecule has 8 heteroatoms. The van der Waals surface area contributed by atoms with Gasteiger partial charge in [-0.05, 0) is 34.1 Å². The van der Waals surface area contributed by atoms with Gasteiger partial charge in [-0.1, -0.05) is 0 Å². The second-order valence-corrected chi connectivity index (χ2v) is 5.33. The van der Waals surface area contributed by atoms with Gasteiger partial charge in [-0.2, -0.15) is 4.98 Å². The lowest BCUT2D eigenvalue weighted by atomic mass is 10.1. The third-order valence-electron chi connectivity index (χ3n) is 3.12. The molecule has 0 radical (unpaired) electrons. The Kier molecular flexibility index (Phi) is 3.09. The maximum atomic E-state index is 12.0. The molecule has 1 aromatic carbocycles. The Bertz CT molecular complexity index is 777. The zero-order chi connectivity index (χ0) is 15.1. The van der Waals surface area contributed by atoms with Crippen molar-refractivity contribution < 1.29 is 9.59 Å². The number of benzene rings is 1. The second kappa shape index (κ2) is 4.81. The summed E-state index contributed by atoms with van der Waals surface area (Å²) in [5.41, 5.74) is 6.93. The fourth-order valence-corrected chi connectivity index (χ4v) is 2.33. The van der Waals surface area contributed by atoms with Crippen LogP contribution < -0.4 is 11.1 Å². The van der Waals surface area contributed by atoms with Gasteiger partial charge in [-0.25, -0.2) is 4.98 Å². The number of nitrogens with two attached hydrogens (primary N) is 1. The van der Waals surface area contributed by atoms with Crippen molar-refractivity contribution >= 4 is 45.2 Å². The smallest absolute Gasteiger partial charge is 0.261 e. The fraction of sp³-hybridized carbons (Fsp3) is 0.0769. The molecule has 2 amide bonds. The molecule has 0 aliphatic carbocycles. The van der Waals surface area contributed by atoms with E-state index < -0.39 is 0 Å². The molecule has 1 aliphatic rings. The van der Waals surface area contributed by atoms with Gasteiger partial charge in [0.1, 0.15) is 5.82 Å². The molecule has 2 aromatic rings. The highest BCUT2D eigenvalue weighted by Crippen LogP contribution is 2.28. The van der Waals surface area contributed by atoms with Gasteiger partial charge >= 0.3 is 0 Å². The molecule has 0 bridgehead atoms. The number of nitrogens with one attached hydrogen (secondary N) is 1. The molecule has 0 saturated heterocycles. The van der Waals surface area contributed by atoms with Gasteiger partial charge in [0.2, 0.25) is 5.95 Å². The van der Waals surface area contributed by atoms with Crippen LogP contribution in [0.4, 0.5) is 17.5 Å². The summed E-state index contributed by atoms with van der Waals surface area (Å²) in [5, 5.41) is 3.03. The number of fused-ring (bicyclic) bond motifs is 1. The minimum Gasteiger partial charge on any atom is -0.368 e. The van der Waals surface area contributed by atoms with Crippen LogP contribution in [0.2, 0.25) is 0 Å². The normalized spacial score (nSPS) is 13.5. The predicted octanol–water partition coefficient (Wildman–Crippen LogP) is 1.79. The Morgan fingerprint density at radius 2 is 1.95 bits per heavy atom. The van der Waals surface area contributed by atoms with Crippen molar-refractivity contribution in [3.05, 3.63) is 40.0 Å². The van der Waals surface area contributed by atoms with E-state index in [2.05, 4.69) is 31.2 Å². The number of amides is 2. The minimum absolute atomic E-state index is 0.132. The Morgan fingerprint density at radius 1 is 1.24 bits per heavy atom. The zero-order valence-corrected chi connectivity index (χ0v) is 12.5. The van der Waals surface area contributed by atoms with Crippen LogP contribution in [0.15, 0.2) is 28.9 Å². The molecule has 7 nitrogen and oxygen atoms in total. The van der Waals surface area contributed by atoms with Gasteiger partial charge < -0.3 is 11.1 Å². The molecule has 2 heterocycles. The summed E-state index contributed by atoms with van der Waals surface area (Å²) in [5.74, 6) is -0.00523. The average molecular weight is 348 g/mol. The van der Waals surface area contributed by atoms with Crippen molar-refractivity contribution in [2.24, 2.45) is 0 Å². The van der Waals surface area contributed by atoms with E-state index in [9.17, 15) is 9.59 Å². The number of hydrogen-bond donors (Lipinski definition) is 2. The summed E-state index contributed by atoms with van der Waals surface area (Å²) in [6.45, 7) is 0. The molecule has 1 aromatic heterocycles. The molecular formula is C13H10BrN5O2. The summed E-state index contributed by atoms with van der Waals surface area (Å²) in [4.78, 5) is 32.8. The standard InChI is InChI=1S/C13H10BrN5O2/c1-19-11(20)7-3-2-6(4-8(7)12(19)21)17-10-9(14)5-16-13(15)18-10/h2-5H,1H3,(H3,15,16,17,18). The van der Waals surface area contributed by atoms with Crippen molar-refractivity contribution in [2.45, 2.75) is 0 Å². The highest BCUT2D eigenvalue weighted by Gasteiger charge is 2.32. The Morgan fingerprint density at radius 3 is 2.71 bits per heavy atom. The van der Waals surface area contributed by atoms with Gasteiger partial charge in [-0.15, -0.1) is 0 Å². The van der Waals surface area contributed by atoms with Crippen LogP contribution in [0.3, 0.4) is 0 Å². The molecule has 3 N–H and O–H groups in total. The van der Waals surface area contributed by atoms with E-state index in [0.29, 0.717) is 27.1 Å². The molecule has 21 heavy (non-hydrogen) atoms. The highest BCUT2D eigenvalue weighted by atomic mass is 79.9. The van der Waals surface area contributed by atoms with Gasteiger partial charge in [0.05, 0.1) is 15.6 Å². The van der Waals surface area contributed by atoms with Crippen molar-refractivity contribution in [1.29, 1.82) is 0 Å². The van der Waals surface area contributed by atoms with Gasteiger partial charge in [0.15, 0.2) is 0 Å². The maximum absolute atomic E-state index is 12.0. The van der Waals surface area contributed by atoms with Crippen molar-refractivity contribution in [1.82, 2.24) is 14.9 Å². The second-order valence-electron chi connectivity index (χ2n) is 4.48. The van der Waals surface area contributed by atoms with E-state index in [0.717, 1.165) is 4.90 Å². The van der Waals surface area contributed by atoms with Crippen molar-refractivity contribution in [3.8, 4) is 0 Å². The number of carbonyl (C=O) groups excluding carboxylic acids is 2. The number of aromatic nitrogens is 2. The fourth-order valence-electron chi connectivity index (χ4n) is 2.04. The molecule has 0 unspecified atom stereocenters. The Labute approximate surface area is 128 Å². The van der Waals surface area contributed by atoms with Gasteiger partial charge in [0, 0.05) is 18.9 Å². The lowest BCUT2D eigenvalue weighted by Gasteiger charge is -2.08.